The van der Waals surface area contributed by atoms with Crippen molar-refractivity contribution in [3.05, 3.63) is 101 Å². The lowest BCUT2D eigenvalue weighted by Gasteiger charge is -2.20. The number of allylic oxidation sites excluding steroid dienone is 1. The number of rotatable bonds is 7. The minimum Gasteiger partial charge on any atom is -0.496 e. The number of methoxy groups -OCH3 is 1. The number of para-hydroxylation sites is 1. The number of aromatic nitrogens is 2. The number of carbonyl (C=O) groups excluding carboxylic acids is 1. The number of nitrogens with one attached hydrogen (secondary N) is 1. The maximum absolute atomic E-state index is 12.1. The van der Waals surface area contributed by atoms with Crippen molar-refractivity contribution >= 4 is 39.6 Å². The molecule has 0 spiro atoms. The molecule has 0 saturated carbocycles. The van der Waals surface area contributed by atoms with E-state index in [1.54, 1.807) is 25.4 Å². The van der Waals surface area contributed by atoms with Crippen molar-refractivity contribution < 1.29 is 14.3 Å². The summed E-state index contributed by atoms with van der Waals surface area (Å²) in [7, 11) is 1.62. The van der Waals surface area contributed by atoms with E-state index in [1.165, 1.54) is 0 Å². The first-order chi connectivity index (χ1) is 16.0. The molecule has 0 bridgehead atoms. The maximum atomic E-state index is 12.1. The second kappa shape index (κ2) is 9.76. The van der Waals surface area contributed by atoms with Gasteiger partial charge in [0.1, 0.15) is 11.5 Å². The zero-order valence-corrected chi connectivity index (χ0v) is 19.1. The largest absolute Gasteiger partial charge is 0.496 e. The Hall–Kier alpha value is -3.83. The van der Waals surface area contributed by atoms with E-state index in [0.717, 1.165) is 44.8 Å². The number of aromatic amines is 1. The molecular formula is C27H23ClN2O3. The molecule has 4 aromatic rings. The highest BCUT2D eigenvalue weighted by molar-refractivity contribution is 6.30. The lowest BCUT2D eigenvalue weighted by Crippen LogP contribution is -2.06. The van der Waals surface area contributed by atoms with Gasteiger partial charge in [0.2, 0.25) is 0 Å². The Labute approximate surface area is 197 Å². The summed E-state index contributed by atoms with van der Waals surface area (Å²) in [6, 6.07) is 19.2. The SMILES string of the molecule is C=CC(=O)Oc1ccccc1/C(=C(\CC)c1ccc(Cl)cc1OC)c1ccc2[nH]ncc2c1. The molecule has 166 valence electrons. The van der Waals surface area contributed by atoms with Crippen molar-refractivity contribution in [2.75, 3.05) is 7.11 Å². The molecule has 0 saturated heterocycles. The molecule has 0 unspecified atom stereocenters. The fraction of sp³-hybridized carbons (Fsp3) is 0.111. The van der Waals surface area contributed by atoms with E-state index >= 15 is 0 Å². The van der Waals surface area contributed by atoms with Crippen molar-refractivity contribution in [3.8, 4) is 11.5 Å². The molecule has 4 rings (SSSR count). The molecule has 1 N–H and O–H groups in total. The van der Waals surface area contributed by atoms with Crippen LogP contribution in [0.5, 0.6) is 11.5 Å². The number of fused-ring (bicyclic) bond motifs is 1. The molecule has 0 atom stereocenters. The van der Waals surface area contributed by atoms with E-state index in [9.17, 15) is 4.79 Å². The van der Waals surface area contributed by atoms with E-state index in [1.807, 2.05) is 42.5 Å². The Bertz CT molecular complexity index is 1370. The molecule has 3 aromatic carbocycles. The minimum atomic E-state index is -0.519. The van der Waals surface area contributed by atoms with Gasteiger partial charge in [-0.1, -0.05) is 49.4 Å². The Morgan fingerprint density at radius 1 is 1.09 bits per heavy atom. The predicted octanol–water partition coefficient (Wildman–Crippen LogP) is 6.69. The van der Waals surface area contributed by atoms with Crippen LogP contribution in [-0.2, 0) is 4.79 Å². The number of halogens is 1. The summed E-state index contributed by atoms with van der Waals surface area (Å²) in [5.41, 5.74) is 5.54. The van der Waals surface area contributed by atoms with Gasteiger partial charge in [0.15, 0.2) is 0 Å². The molecule has 0 fully saturated rings. The molecule has 0 aliphatic carbocycles. The summed E-state index contributed by atoms with van der Waals surface area (Å²) in [6.45, 7) is 5.60. The van der Waals surface area contributed by atoms with Crippen LogP contribution in [0.1, 0.15) is 30.0 Å². The van der Waals surface area contributed by atoms with Crippen LogP contribution in [-0.4, -0.2) is 23.3 Å². The van der Waals surface area contributed by atoms with Crippen molar-refractivity contribution in [2.45, 2.75) is 13.3 Å². The number of nitrogens with zero attached hydrogens (tertiary/aromatic N) is 1. The van der Waals surface area contributed by atoms with E-state index in [2.05, 4.69) is 29.8 Å². The predicted molar refractivity (Wildman–Crippen MR) is 133 cm³/mol. The first kappa shape index (κ1) is 22.4. The summed E-state index contributed by atoms with van der Waals surface area (Å²) >= 11 is 6.24. The highest BCUT2D eigenvalue weighted by atomic mass is 35.5. The average molecular weight is 459 g/mol. The number of carbonyl (C=O) groups is 1. The van der Waals surface area contributed by atoms with Crippen LogP contribution in [0, 0.1) is 0 Å². The van der Waals surface area contributed by atoms with Gasteiger partial charge in [-0.3, -0.25) is 5.10 Å². The third-order valence-corrected chi connectivity index (χ3v) is 5.64. The Morgan fingerprint density at radius 2 is 1.91 bits per heavy atom. The van der Waals surface area contributed by atoms with Gasteiger partial charge in [-0.2, -0.15) is 5.10 Å². The first-order valence-corrected chi connectivity index (χ1v) is 10.9. The normalized spacial score (nSPS) is 11.7. The van der Waals surface area contributed by atoms with Gasteiger partial charge in [-0.15, -0.1) is 0 Å². The Balaban J connectivity index is 2.06. The van der Waals surface area contributed by atoms with Crippen LogP contribution >= 0.6 is 11.6 Å². The van der Waals surface area contributed by atoms with Crippen LogP contribution < -0.4 is 9.47 Å². The van der Waals surface area contributed by atoms with Gasteiger partial charge >= 0.3 is 5.97 Å². The van der Waals surface area contributed by atoms with Gasteiger partial charge in [0, 0.05) is 27.6 Å². The van der Waals surface area contributed by atoms with Crippen LogP contribution in [0.2, 0.25) is 5.02 Å². The number of hydrogen-bond acceptors (Lipinski definition) is 4. The molecule has 0 amide bonds. The Morgan fingerprint density at radius 3 is 2.67 bits per heavy atom. The monoisotopic (exact) mass is 458 g/mol. The fourth-order valence-electron chi connectivity index (χ4n) is 3.92. The number of hydrogen-bond donors (Lipinski definition) is 1. The van der Waals surface area contributed by atoms with E-state index in [0.29, 0.717) is 22.9 Å². The highest BCUT2D eigenvalue weighted by Crippen LogP contribution is 2.42. The molecule has 0 aliphatic rings. The molecular weight excluding hydrogens is 436 g/mol. The second-order valence-electron chi connectivity index (χ2n) is 7.35. The smallest absolute Gasteiger partial charge is 0.335 e. The van der Waals surface area contributed by atoms with Crippen LogP contribution in [0.25, 0.3) is 22.0 Å². The Kier molecular flexibility index (Phi) is 6.61. The molecule has 5 nitrogen and oxygen atoms in total. The van der Waals surface area contributed by atoms with Crippen molar-refractivity contribution in [3.63, 3.8) is 0 Å². The topological polar surface area (TPSA) is 64.2 Å². The fourth-order valence-corrected chi connectivity index (χ4v) is 4.08. The number of ether oxygens (including phenoxy) is 2. The lowest BCUT2D eigenvalue weighted by atomic mass is 9.87. The number of esters is 1. The standard InChI is InChI=1S/C27H23ClN2O3/c1-4-20(21-12-11-19(28)15-25(21)32-3)27(17-10-13-23-18(14-17)16-29-30-23)22-8-6-7-9-24(22)33-26(31)5-2/h5-16H,2,4H2,1,3H3,(H,29,30)/b27-20+. The van der Waals surface area contributed by atoms with Gasteiger partial charge in [-0.25, -0.2) is 4.79 Å². The molecule has 33 heavy (non-hydrogen) atoms. The quantitative estimate of drug-likeness (QED) is 0.145. The van der Waals surface area contributed by atoms with E-state index in [-0.39, 0.29) is 0 Å². The van der Waals surface area contributed by atoms with Crippen LogP contribution in [0.3, 0.4) is 0 Å². The summed E-state index contributed by atoms with van der Waals surface area (Å²) in [5.74, 6) is 0.597. The van der Waals surface area contributed by atoms with Crippen molar-refractivity contribution in [2.24, 2.45) is 0 Å². The molecule has 0 aliphatic heterocycles. The van der Waals surface area contributed by atoms with Crippen molar-refractivity contribution in [1.82, 2.24) is 10.2 Å². The summed E-state index contributed by atoms with van der Waals surface area (Å²) in [4.78, 5) is 12.1. The summed E-state index contributed by atoms with van der Waals surface area (Å²) in [5, 5.41) is 8.70. The zero-order chi connectivity index (χ0) is 23.4. The molecule has 6 heteroatoms. The first-order valence-electron chi connectivity index (χ1n) is 10.5. The average Bonchev–Trinajstić information content (AvgIpc) is 3.31. The number of H-pyrrole nitrogens is 1. The zero-order valence-electron chi connectivity index (χ0n) is 18.4. The maximum Gasteiger partial charge on any atom is 0.335 e. The van der Waals surface area contributed by atoms with Crippen molar-refractivity contribution in [1.29, 1.82) is 0 Å². The highest BCUT2D eigenvalue weighted by Gasteiger charge is 2.20. The molecule has 0 radical (unpaired) electrons. The van der Waals surface area contributed by atoms with E-state index in [4.69, 9.17) is 21.1 Å². The summed E-state index contributed by atoms with van der Waals surface area (Å²) < 4.78 is 11.3. The van der Waals surface area contributed by atoms with Crippen LogP contribution in [0.4, 0.5) is 0 Å². The summed E-state index contributed by atoms with van der Waals surface area (Å²) in [6.07, 6.45) is 3.63. The lowest BCUT2D eigenvalue weighted by molar-refractivity contribution is -0.128. The van der Waals surface area contributed by atoms with Gasteiger partial charge in [-0.05, 0) is 59.5 Å². The third-order valence-electron chi connectivity index (χ3n) is 5.41. The van der Waals surface area contributed by atoms with Gasteiger partial charge in [0.25, 0.3) is 0 Å². The van der Waals surface area contributed by atoms with Crippen LogP contribution in [0.15, 0.2) is 79.5 Å². The van der Waals surface area contributed by atoms with Gasteiger partial charge in [0.05, 0.1) is 18.8 Å². The number of benzene rings is 3. The van der Waals surface area contributed by atoms with E-state index < -0.39 is 5.97 Å². The second-order valence-corrected chi connectivity index (χ2v) is 7.78. The molecule has 1 aromatic heterocycles. The van der Waals surface area contributed by atoms with Gasteiger partial charge < -0.3 is 9.47 Å². The third kappa shape index (κ3) is 4.54. The minimum absolute atomic E-state index is 0.448. The molecule has 1 heterocycles.